The van der Waals surface area contributed by atoms with Crippen LogP contribution in [0.4, 0.5) is 0 Å². The highest BCUT2D eigenvalue weighted by molar-refractivity contribution is 8.26. The highest BCUT2D eigenvalue weighted by atomic mass is 32.2. The number of hydrogen-bond acceptors (Lipinski definition) is 5. The number of amides is 1. The van der Waals surface area contributed by atoms with Crippen LogP contribution in [0.2, 0.25) is 0 Å². The second kappa shape index (κ2) is 4.94. The van der Waals surface area contributed by atoms with E-state index in [1.54, 1.807) is 17.1 Å². The van der Waals surface area contributed by atoms with Crippen LogP contribution in [0, 0.1) is 0 Å². The normalized spacial score (nSPS) is 16.9. The summed E-state index contributed by atoms with van der Waals surface area (Å²) in [5.74, 6) is -0.164. The molecule has 1 aromatic heterocycles. The number of nitrogens with zero attached hydrogens (tertiary/aromatic N) is 3. The molecule has 1 fully saturated rings. The average Bonchev–Trinajstić information content (AvgIpc) is 3.01. The second-order valence-electron chi connectivity index (χ2n) is 3.75. The summed E-state index contributed by atoms with van der Waals surface area (Å²) in [5.41, 5.74) is 1.74. The number of hydrogen-bond donors (Lipinski definition) is 1. The summed E-state index contributed by atoms with van der Waals surface area (Å²) in [6.07, 6.45) is 4.89. The molecule has 1 aromatic carbocycles. The highest BCUT2D eigenvalue weighted by Gasteiger charge is 2.22. The smallest absolute Gasteiger partial charge is 0.263 e. The minimum Gasteiger partial charge on any atom is -0.307 e. The first-order valence-electron chi connectivity index (χ1n) is 5.43. The van der Waals surface area contributed by atoms with Crippen LogP contribution in [0.15, 0.2) is 41.8 Å². The first kappa shape index (κ1) is 12.1. The third-order valence-electron chi connectivity index (χ3n) is 2.53. The average molecular weight is 288 g/mol. The fourth-order valence-electron chi connectivity index (χ4n) is 1.71. The Labute approximate surface area is 118 Å². The molecule has 7 heteroatoms. The zero-order valence-corrected chi connectivity index (χ0v) is 11.2. The zero-order valence-electron chi connectivity index (χ0n) is 9.61. The topological polar surface area (TPSA) is 59.8 Å². The quantitative estimate of drug-likeness (QED) is 0.674. The third kappa shape index (κ3) is 2.42. The minimum atomic E-state index is -0.164. The second-order valence-corrected chi connectivity index (χ2v) is 5.47. The van der Waals surface area contributed by atoms with E-state index >= 15 is 0 Å². The monoisotopic (exact) mass is 288 g/mol. The number of carbonyl (C=O) groups excluding carboxylic acids is 1. The van der Waals surface area contributed by atoms with E-state index < -0.39 is 0 Å². The summed E-state index contributed by atoms with van der Waals surface area (Å²) >= 11 is 6.23. The van der Waals surface area contributed by atoms with Gasteiger partial charge < -0.3 is 5.32 Å². The van der Waals surface area contributed by atoms with Crippen molar-refractivity contribution in [2.24, 2.45) is 0 Å². The van der Waals surface area contributed by atoms with Crippen LogP contribution in [0.1, 0.15) is 5.56 Å². The SMILES string of the molecule is O=C1NC(=S)SC1=Cc1ccccc1-n1cncn1. The molecule has 0 unspecified atom stereocenters. The van der Waals surface area contributed by atoms with Gasteiger partial charge in [0.05, 0.1) is 10.6 Å². The molecule has 1 N–H and O–H groups in total. The number of aromatic nitrogens is 3. The Bertz CT molecular complexity index is 679. The molecule has 0 radical (unpaired) electrons. The summed E-state index contributed by atoms with van der Waals surface area (Å²) in [4.78, 5) is 16.2. The van der Waals surface area contributed by atoms with Crippen molar-refractivity contribution in [1.82, 2.24) is 20.1 Å². The molecule has 0 spiro atoms. The van der Waals surface area contributed by atoms with Gasteiger partial charge in [0.25, 0.3) is 5.91 Å². The molecule has 1 aliphatic heterocycles. The molecule has 3 rings (SSSR count). The lowest BCUT2D eigenvalue weighted by molar-refractivity contribution is -0.115. The summed E-state index contributed by atoms with van der Waals surface area (Å²) in [6.45, 7) is 0. The van der Waals surface area contributed by atoms with Crippen LogP contribution >= 0.6 is 24.0 Å². The van der Waals surface area contributed by atoms with E-state index in [0.29, 0.717) is 9.23 Å². The van der Waals surface area contributed by atoms with Gasteiger partial charge in [-0.2, -0.15) is 5.10 Å². The van der Waals surface area contributed by atoms with Crippen LogP contribution in [-0.4, -0.2) is 25.0 Å². The molecule has 0 bridgehead atoms. The van der Waals surface area contributed by atoms with Crippen LogP contribution in [0.25, 0.3) is 11.8 Å². The highest BCUT2D eigenvalue weighted by Crippen LogP contribution is 2.27. The number of nitrogens with one attached hydrogen (secondary N) is 1. The molecule has 0 aliphatic carbocycles. The van der Waals surface area contributed by atoms with Gasteiger partial charge in [0, 0.05) is 5.56 Å². The molecule has 5 nitrogen and oxygen atoms in total. The number of carbonyl (C=O) groups is 1. The van der Waals surface area contributed by atoms with Gasteiger partial charge in [-0.05, 0) is 12.1 Å². The molecule has 94 valence electrons. The van der Waals surface area contributed by atoms with Crippen LogP contribution in [0.5, 0.6) is 0 Å². The molecular formula is C12H8N4OS2. The molecule has 0 atom stereocenters. The van der Waals surface area contributed by atoms with E-state index in [0.717, 1.165) is 11.3 Å². The molecule has 1 saturated heterocycles. The van der Waals surface area contributed by atoms with Gasteiger partial charge in [0.2, 0.25) is 0 Å². The fraction of sp³-hybridized carbons (Fsp3) is 0. The summed E-state index contributed by atoms with van der Waals surface area (Å²) in [5, 5.41) is 6.69. The Balaban J connectivity index is 2.05. The van der Waals surface area contributed by atoms with Crippen molar-refractivity contribution in [3.05, 3.63) is 47.4 Å². The van der Waals surface area contributed by atoms with Crippen molar-refractivity contribution in [3.63, 3.8) is 0 Å². The maximum Gasteiger partial charge on any atom is 0.263 e. The van der Waals surface area contributed by atoms with E-state index in [9.17, 15) is 4.79 Å². The number of thioether (sulfide) groups is 1. The molecule has 19 heavy (non-hydrogen) atoms. The standard InChI is InChI=1S/C12H8N4OS2/c17-11-10(19-12(18)15-11)5-8-3-1-2-4-9(8)16-7-13-6-14-16/h1-7H,(H,15,17,18). The van der Waals surface area contributed by atoms with Crippen molar-refractivity contribution in [1.29, 1.82) is 0 Å². The molecule has 2 aromatic rings. The first-order valence-corrected chi connectivity index (χ1v) is 6.65. The first-order chi connectivity index (χ1) is 9.24. The van der Waals surface area contributed by atoms with Crippen molar-refractivity contribution in [2.45, 2.75) is 0 Å². The molecular weight excluding hydrogens is 280 g/mol. The lowest BCUT2D eigenvalue weighted by Crippen LogP contribution is -2.17. The molecule has 1 aliphatic rings. The van der Waals surface area contributed by atoms with Gasteiger partial charge in [0.1, 0.15) is 17.0 Å². The Kier molecular flexibility index (Phi) is 3.14. The van der Waals surface area contributed by atoms with Gasteiger partial charge in [-0.1, -0.05) is 42.2 Å². The number of benzene rings is 1. The Morgan fingerprint density at radius 1 is 1.37 bits per heavy atom. The van der Waals surface area contributed by atoms with Crippen molar-refractivity contribution in [2.75, 3.05) is 0 Å². The van der Waals surface area contributed by atoms with Gasteiger partial charge in [-0.25, -0.2) is 9.67 Å². The van der Waals surface area contributed by atoms with E-state index in [1.807, 2.05) is 24.3 Å². The van der Waals surface area contributed by atoms with Crippen molar-refractivity contribution >= 4 is 40.3 Å². The molecule has 0 saturated carbocycles. The molecule has 1 amide bonds. The van der Waals surface area contributed by atoms with E-state index in [2.05, 4.69) is 15.4 Å². The van der Waals surface area contributed by atoms with E-state index in [1.165, 1.54) is 18.1 Å². The number of rotatable bonds is 2. The van der Waals surface area contributed by atoms with Crippen molar-refractivity contribution < 1.29 is 4.79 Å². The predicted molar refractivity (Wildman–Crippen MR) is 77.7 cm³/mol. The van der Waals surface area contributed by atoms with Gasteiger partial charge >= 0.3 is 0 Å². The Morgan fingerprint density at radius 2 is 2.21 bits per heavy atom. The lowest BCUT2D eigenvalue weighted by Gasteiger charge is -2.05. The lowest BCUT2D eigenvalue weighted by atomic mass is 10.1. The van der Waals surface area contributed by atoms with Gasteiger partial charge in [-0.15, -0.1) is 0 Å². The van der Waals surface area contributed by atoms with Gasteiger partial charge in [-0.3, -0.25) is 4.79 Å². The summed E-state index contributed by atoms with van der Waals surface area (Å²) < 4.78 is 2.14. The largest absolute Gasteiger partial charge is 0.307 e. The molecule has 2 heterocycles. The minimum absolute atomic E-state index is 0.164. The Hall–Kier alpha value is -1.99. The number of thiocarbonyl (C=S) groups is 1. The van der Waals surface area contributed by atoms with Crippen molar-refractivity contribution in [3.8, 4) is 5.69 Å². The fourth-order valence-corrected chi connectivity index (χ4v) is 2.75. The van der Waals surface area contributed by atoms with Gasteiger partial charge in [0.15, 0.2) is 0 Å². The number of para-hydroxylation sites is 1. The third-order valence-corrected chi connectivity index (χ3v) is 3.69. The predicted octanol–water partition coefficient (Wildman–Crippen LogP) is 1.76. The van der Waals surface area contributed by atoms with Crippen LogP contribution in [-0.2, 0) is 4.79 Å². The van der Waals surface area contributed by atoms with Crippen LogP contribution in [0.3, 0.4) is 0 Å². The summed E-state index contributed by atoms with van der Waals surface area (Å²) in [7, 11) is 0. The summed E-state index contributed by atoms with van der Waals surface area (Å²) in [6, 6.07) is 7.64. The van der Waals surface area contributed by atoms with E-state index in [4.69, 9.17) is 12.2 Å². The van der Waals surface area contributed by atoms with E-state index in [-0.39, 0.29) is 5.91 Å². The van der Waals surface area contributed by atoms with Crippen LogP contribution < -0.4 is 5.32 Å². The zero-order chi connectivity index (χ0) is 13.2. The maximum absolute atomic E-state index is 11.7. The maximum atomic E-state index is 11.7. The Morgan fingerprint density at radius 3 is 2.89 bits per heavy atom.